The molecule has 0 heterocycles. The van der Waals surface area contributed by atoms with E-state index in [0.29, 0.717) is 11.4 Å². The molecule has 0 aliphatic heterocycles. The van der Waals surface area contributed by atoms with Crippen molar-refractivity contribution in [1.29, 1.82) is 0 Å². The summed E-state index contributed by atoms with van der Waals surface area (Å²) in [6, 6.07) is 7.07. The van der Waals surface area contributed by atoms with Crippen LogP contribution in [-0.2, 0) is 9.53 Å². The number of anilines is 1. The fraction of sp³-hybridized carbons (Fsp3) is 0.385. The molecule has 0 fully saturated rings. The van der Waals surface area contributed by atoms with Crippen LogP contribution in [0.1, 0.15) is 26.3 Å². The zero-order valence-corrected chi connectivity index (χ0v) is 11.0. The van der Waals surface area contributed by atoms with Gasteiger partial charge in [-0.2, -0.15) is 0 Å². The van der Waals surface area contributed by atoms with Gasteiger partial charge in [-0.05, 0) is 32.9 Å². The van der Waals surface area contributed by atoms with Gasteiger partial charge in [-0.25, -0.2) is 0 Å². The van der Waals surface area contributed by atoms with E-state index in [1.54, 1.807) is 45.0 Å². The van der Waals surface area contributed by atoms with E-state index in [1.807, 2.05) is 0 Å². The first-order chi connectivity index (χ1) is 8.40. The lowest BCUT2D eigenvalue weighted by molar-refractivity contribution is -0.133. The summed E-state index contributed by atoms with van der Waals surface area (Å²) in [6.45, 7) is 5.05. The van der Waals surface area contributed by atoms with E-state index in [0.717, 1.165) is 5.56 Å². The number of hydrogen-bond donors (Lipinski definition) is 2. The Morgan fingerprint density at radius 1 is 1.44 bits per heavy atom. The number of ether oxygens (including phenoxy) is 1. The van der Waals surface area contributed by atoms with Crippen molar-refractivity contribution < 1.29 is 14.7 Å². The Labute approximate surface area is 106 Å². The van der Waals surface area contributed by atoms with Gasteiger partial charge in [-0.1, -0.05) is 17.3 Å². The maximum Gasteiger partial charge on any atom is 0.256 e. The van der Waals surface area contributed by atoms with E-state index in [2.05, 4.69) is 10.5 Å². The predicted octanol–water partition coefficient (Wildman–Crippen LogP) is 2.25. The summed E-state index contributed by atoms with van der Waals surface area (Å²) in [4.78, 5) is 11.9. The lowest BCUT2D eigenvalue weighted by Gasteiger charge is -2.21. The Hall–Kier alpha value is -1.88. The van der Waals surface area contributed by atoms with Gasteiger partial charge in [0.1, 0.15) is 5.60 Å². The number of amides is 1. The van der Waals surface area contributed by atoms with Crippen molar-refractivity contribution in [2.24, 2.45) is 5.16 Å². The SMILES string of the molecule is COC(C)(C)C(=O)Nc1cccc(/C(C)=N/O)c1. The van der Waals surface area contributed by atoms with Crippen molar-refractivity contribution in [3.8, 4) is 0 Å². The van der Waals surface area contributed by atoms with Crippen LogP contribution >= 0.6 is 0 Å². The number of nitrogens with zero attached hydrogens (tertiary/aromatic N) is 1. The van der Waals surface area contributed by atoms with Crippen LogP contribution in [0, 0.1) is 0 Å². The highest BCUT2D eigenvalue weighted by Gasteiger charge is 2.26. The van der Waals surface area contributed by atoms with E-state index in [1.165, 1.54) is 7.11 Å². The van der Waals surface area contributed by atoms with E-state index in [4.69, 9.17) is 9.94 Å². The van der Waals surface area contributed by atoms with Crippen LogP contribution in [0.2, 0.25) is 0 Å². The second-order valence-electron chi connectivity index (χ2n) is 4.43. The summed E-state index contributed by atoms with van der Waals surface area (Å²) in [5.41, 5.74) is 0.962. The molecule has 0 aliphatic rings. The number of carbonyl (C=O) groups is 1. The lowest BCUT2D eigenvalue weighted by Crippen LogP contribution is -2.38. The zero-order chi connectivity index (χ0) is 13.8. The summed E-state index contributed by atoms with van der Waals surface area (Å²) < 4.78 is 5.09. The average molecular weight is 250 g/mol. The van der Waals surface area contributed by atoms with Gasteiger partial charge >= 0.3 is 0 Å². The Kier molecular flexibility index (Phi) is 4.44. The monoisotopic (exact) mass is 250 g/mol. The Morgan fingerprint density at radius 3 is 2.67 bits per heavy atom. The first-order valence-electron chi connectivity index (χ1n) is 5.56. The fourth-order valence-corrected chi connectivity index (χ4v) is 1.25. The van der Waals surface area contributed by atoms with Gasteiger partial charge in [0.15, 0.2) is 0 Å². The molecule has 0 aliphatic carbocycles. The quantitative estimate of drug-likeness (QED) is 0.489. The van der Waals surface area contributed by atoms with Gasteiger partial charge < -0.3 is 15.3 Å². The third-order valence-corrected chi connectivity index (χ3v) is 2.75. The molecule has 0 aromatic heterocycles. The molecule has 1 aromatic rings. The second-order valence-corrected chi connectivity index (χ2v) is 4.43. The van der Waals surface area contributed by atoms with Gasteiger partial charge in [-0.3, -0.25) is 4.79 Å². The van der Waals surface area contributed by atoms with Crippen LogP contribution in [0.3, 0.4) is 0 Å². The summed E-state index contributed by atoms with van der Waals surface area (Å²) >= 11 is 0. The molecule has 0 saturated heterocycles. The lowest BCUT2D eigenvalue weighted by atomic mass is 10.1. The van der Waals surface area contributed by atoms with E-state index >= 15 is 0 Å². The standard InChI is InChI=1S/C13H18N2O3/c1-9(15-17)10-6-5-7-11(8-10)14-12(16)13(2,3)18-4/h5-8,17H,1-4H3,(H,14,16)/b15-9+. The fourth-order valence-electron chi connectivity index (χ4n) is 1.25. The minimum atomic E-state index is -0.893. The number of oxime groups is 1. The highest BCUT2D eigenvalue weighted by atomic mass is 16.5. The van der Waals surface area contributed by atoms with Gasteiger partial charge in [0.2, 0.25) is 0 Å². The molecule has 0 bridgehead atoms. The molecule has 1 amide bonds. The maximum atomic E-state index is 11.9. The molecule has 98 valence electrons. The smallest absolute Gasteiger partial charge is 0.256 e. The first-order valence-corrected chi connectivity index (χ1v) is 5.56. The Bertz CT molecular complexity index is 467. The van der Waals surface area contributed by atoms with Crippen LogP contribution in [0.4, 0.5) is 5.69 Å². The molecular formula is C13H18N2O3. The normalized spacial score (nSPS) is 12.3. The molecule has 0 radical (unpaired) electrons. The number of benzene rings is 1. The van der Waals surface area contributed by atoms with Gasteiger partial charge in [0.05, 0.1) is 5.71 Å². The van der Waals surface area contributed by atoms with E-state index < -0.39 is 5.60 Å². The summed E-state index contributed by atoms with van der Waals surface area (Å²) in [5, 5.41) is 14.6. The van der Waals surface area contributed by atoms with Crippen molar-refractivity contribution in [1.82, 2.24) is 0 Å². The number of carbonyl (C=O) groups excluding carboxylic acids is 1. The highest BCUT2D eigenvalue weighted by molar-refractivity contribution is 6.01. The molecule has 0 atom stereocenters. The van der Waals surface area contributed by atoms with Crippen LogP contribution in [-0.4, -0.2) is 29.5 Å². The third kappa shape index (κ3) is 3.30. The van der Waals surface area contributed by atoms with Crippen molar-refractivity contribution in [2.45, 2.75) is 26.4 Å². The van der Waals surface area contributed by atoms with E-state index in [-0.39, 0.29) is 5.91 Å². The number of rotatable bonds is 4. The summed E-state index contributed by atoms with van der Waals surface area (Å²) in [5.74, 6) is -0.235. The molecule has 0 saturated carbocycles. The van der Waals surface area contributed by atoms with Crippen molar-refractivity contribution in [3.63, 3.8) is 0 Å². The first kappa shape index (κ1) is 14.2. The predicted molar refractivity (Wildman–Crippen MR) is 70.2 cm³/mol. The minimum Gasteiger partial charge on any atom is -0.411 e. The van der Waals surface area contributed by atoms with Crippen molar-refractivity contribution in [2.75, 3.05) is 12.4 Å². The highest BCUT2D eigenvalue weighted by Crippen LogP contribution is 2.15. The largest absolute Gasteiger partial charge is 0.411 e. The molecular weight excluding hydrogens is 232 g/mol. The molecule has 1 aromatic carbocycles. The second kappa shape index (κ2) is 5.64. The number of methoxy groups -OCH3 is 1. The molecule has 18 heavy (non-hydrogen) atoms. The van der Waals surface area contributed by atoms with Crippen molar-refractivity contribution >= 4 is 17.3 Å². The average Bonchev–Trinajstić information content (AvgIpc) is 2.38. The van der Waals surface area contributed by atoms with Crippen LogP contribution in [0.5, 0.6) is 0 Å². The zero-order valence-electron chi connectivity index (χ0n) is 11.0. The summed E-state index contributed by atoms with van der Waals surface area (Å²) in [6.07, 6.45) is 0. The van der Waals surface area contributed by atoms with Crippen LogP contribution < -0.4 is 5.32 Å². The molecule has 0 spiro atoms. The topological polar surface area (TPSA) is 70.9 Å². The molecule has 1 rings (SSSR count). The Morgan fingerprint density at radius 2 is 2.11 bits per heavy atom. The molecule has 0 unspecified atom stereocenters. The van der Waals surface area contributed by atoms with E-state index in [9.17, 15) is 4.79 Å². The van der Waals surface area contributed by atoms with Gasteiger partial charge in [0.25, 0.3) is 5.91 Å². The molecule has 5 nitrogen and oxygen atoms in total. The van der Waals surface area contributed by atoms with Crippen molar-refractivity contribution in [3.05, 3.63) is 29.8 Å². The molecule has 5 heteroatoms. The summed E-state index contributed by atoms with van der Waals surface area (Å²) in [7, 11) is 1.48. The van der Waals surface area contributed by atoms with Gasteiger partial charge in [0, 0.05) is 18.4 Å². The minimum absolute atomic E-state index is 0.235. The molecule has 2 N–H and O–H groups in total. The number of nitrogens with one attached hydrogen (secondary N) is 1. The number of hydrogen-bond acceptors (Lipinski definition) is 4. The van der Waals surface area contributed by atoms with Gasteiger partial charge in [-0.15, -0.1) is 0 Å². The Balaban J connectivity index is 2.90. The van der Waals surface area contributed by atoms with Crippen LogP contribution in [0.15, 0.2) is 29.4 Å². The van der Waals surface area contributed by atoms with Crippen LogP contribution in [0.25, 0.3) is 0 Å². The maximum absolute atomic E-state index is 11.9. The third-order valence-electron chi connectivity index (χ3n) is 2.75.